The van der Waals surface area contributed by atoms with Crippen molar-refractivity contribution in [3.05, 3.63) is 84.4 Å². The second-order valence-electron chi connectivity index (χ2n) is 7.05. The van der Waals surface area contributed by atoms with Crippen molar-refractivity contribution in [2.75, 3.05) is 22.5 Å². The monoisotopic (exact) mass is 417 g/mol. The first-order valence-electron chi connectivity index (χ1n) is 10.3. The molecule has 0 aromatic heterocycles. The number of nitrogens with one attached hydrogen (secondary N) is 3. The lowest BCUT2D eigenvalue weighted by Crippen LogP contribution is -2.22. The van der Waals surface area contributed by atoms with Crippen molar-refractivity contribution in [3.8, 4) is 5.75 Å². The summed E-state index contributed by atoms with van der Waals surface area (Å²) < 4.78 is 5.88. The molecule has 0 fully saturated rings. The Bertz CT molecular complexity index is 1010. The first kappa shape index (κ1) is 21.9. The minimum Gasteiger partial charge on any atom is -0.487 e. The molecule has 0 aliphatic carbocycles. The topological polar surface area (TPSA) is 79.5 Å². The van der Waals surface area contributed by atoms with E-state index in [1.165, 1.54) is 0 Å². The summed E-state index contributed by atoms with van der Waals surface area (Å²) in [4.78, 5) is 24.2. The van der Waals surface area contributed by atoms with E-state index in [1.807, 2.05) is 79.7 Å². The van der Waals surface area contributed by atoms with Crippen molar-refractivity contribution in [2.45, 2.75) is 26.4 Å². The molecule has 31 heavy (non-hydrogen) atoms. The smallest absolute Gasteiger partial charge is 0.243 e. The molecule has 3 aromatic rings. The number of carbonyl (C=O) groups is 2. The van der Waals surface area contributed by atoms with Gasteiger partial charge < -0.3 is 20.7 Å². The molecular weight excluding hydrogens is 390 g/mol. The van der Waals surface area contributed by atoms with Crippen molar-refractivity contribution < 1.29 is 14.3 Å². The fraction of sp³-hybridized carbons (Fsp3) is 0.200. The number of hydrogen-bond acceptors (Lipinski definition) is 4. The Balaban J connectivity index is 1.54. The molecule has 0 unspecified atom stereocenters. The number of anilines is 3. The van der Waals surface area contributed by atoms with Gasteiger partial charge >= 0.3 is 0 Å². The summed E-state index contributed by atoms with van der Waals surface area (Å²) in [6.45, 7) is 2.46. The van der Waals surface area contributed by atoms with E-state index in [9.17, 15) is 9.59 Å². The van der Waals surface area contributed by atoms with Gasteiger partial charge in [-0.25, -0.2) is 0 Å². The molecule has 0 saturated carbocycles. The molecule has 0 bridgehead atoms. The quantitative estimate of drug-likeness (QED) is 0.431. The Morgan fingerprint density at radius 2 is 1.55 bits per heavy atom. The molecule has 0 atom stereocenters. The number of benzene rings is 3. The van der Waals surface area contributed by atoms with E-state index in [2.05, 4.69) is 16.0 Å². The van der Waals surface area contributed by atoms with E-state index in [0.717, 1.165) is 17.7 Å². The first-order chi connectivity index (χ1) is 15.1. The first-order valence-corrected chi connectivity index (χ1v) is 10.3. The third-order valence-corrected chi connectivity index (χ3v) is 4.47. The average molecular weight is 418 g/mol. The van der Waals surface area contributed by atoms with Crippen LogP contribution in [0.4, 0.5) is 17.1 Å². The highest BCUT2D eigenvalue weighted by Gasteiger charge is 2.08. The van der Waals surface area contributed by atoms with Crippen molar-refractivity contribution >= 4 is 28.9 Å². The highest BCUT2D eigenvalue weighted by molar-refractivity contribution is 5.95. The minimum atomic E-state index is -0.198. The van der Waals surface area contributed by atoms with Gasteiger partial charge in [0.2, 0.25) is 11.8 Å². The van der Waals surface area contributed by atoms with E-state index in [0.29, 0.717) is 30.2 Å². The highest BCUT2D eigenvalue weighted by atomic mass is 16.5. The van der Waals surface area contributed by atoms with Crippen LogP contribution < -0.4 is 20.7 Å². The molecule has 3 N–H and O–H groups in total. The Morgan fingerprint density at radius 1 is 0.806 bits per heavy atom. The molecule has 3 aromatic carbocycles. The number of carbonyl (C=O) groups excluding carboxylic acids is 2. The van der Waals surface area contributed by atoms with Crippen molar-refractivity contribution in [3.63, 3.8) is 0 Å². The van der Waals surface area contributed by atoms with Crippen LogP contribution in [0.1, 0.15) is 25.3 Å². The van der Waals surface area contributed by atoms with Crippen molar-refractivity contribution in [1.29, 1.82) is 0 Å². The van der Waals surface area contributed by atoms with Gasteiger partial charge in [0.1, 0.15) is 12.4 Å². The van der Waals surface area contributed by atoms with Gasteiger partial charge in [-0.05, 0) is 42.3 Å². The van der Waals surface area contributed by atoms with E-state index >= 15 is 0 Å². The Labute approximate surface area is 182 Å². The SMILES string of the molecule is CCCC(=O)Nc1cccc(NCC(=O)Nc2ccccc2OCc2ccccc2)c1. The van der Waals surface area contributed by atoms with Crippen molar-refractivity contribution in [2.24, 2.45) is 0 Å². The largest absolute Gasteiger partial charge is 0.487 e. The van der Waals surface area contributed by atoms with E-state index < -0.39 is 0 Å². The Hall–Kier alpha value is -3.80. The van der Waals surface area contributed by atoms with Crippen LogP contribution in [-0.4, -0.2) is 18.4 Å². The third kappa shape index (κ3) is 7.19. The molecule has 0 spiro atoms. The third-order valence-electron chi connectivity index (χ3n) is 4.47. The van der Waals surface area contributed by atoms with Crippen molar-refractivity contribution in [1.82, 2.24) is 0 Å². The van der Waals surface area contributed by atoms with Gasteiger partial charge in [-0.3, -0.25) is 9.59 Å². The molecule has 6 nitrogen and oxygen atoms in total. The number of ether oxygens (including phenoxy) is 1. The molecule has 0 heterocycles. The van der Waals surface area contributed by atoms with E-state index in [4.69, 9.17) is 4.74 Å². The fourth-order valence-electron chi connectivity index (χ4n) is 2.97. The number of hydrogen-bond donors (Lipinski definition) is 3. The maximum atomic E-state index is 12.5. The highest BCUT2D eigenvalue weighted by Crippen LogP contribution is 2.25. The normalized spacial score (nSPS) is 10.2. The fourth-order valence-corrected chi connectivity index (χ4v) is 2.97. The zero-order chi connectivity index (χ0) is 21.9. The van der Waals surface area contributed by atoms with Gasteiger partial charge in [0, 0.05) is 17.8 Å². The number of rotatable bonds is 10. The summed E-state index contributed by atoms with van der Waals surface area (Å²) in [6, 6.07) is 24.5. The summed E-state index contributed by atoms with van der Waals surface area (Å²) in [5.74, 6) is 0.390. The zero-order valence-electron chi connectivity index (χ0n) is 17.6. The van der Waals surface area contributed by atoms with Crippen LogP contribution in [0.25, 0.3) is 0 Å². The Kier molecular flexibility index (Phi) is 8.05. The van der Waals surface area contributed by atoms with E-state index in [-0.39, 0.29) is 18.4 Å². The van der Waals surface area contributed by atoms with Crippen LogP contribution in [0.5, 0.6) is 5.75 Å². The molecule has 160 valence electrons. The van der Waals surface area contributed by atoms with Crippen LogP contribution in [0.15, 0.2) is 78.9 Å². The zero-order valence-corrected chi connectivity index (χ0v) is 17.6. The molecular formula is C25H27N3O3. The molecule has 2 amide bonds. The van der Waals surface area contributed by atoms with E-state index in [1.54, 1.807) is 6.07 Å². The molecule has 3 rings (SSSR count). The lowest BCUT2D eigenvalue weighted by molar-refractivity contribution is -0.116. The van der Waals surface area contributed by atoms with Gasteiger partial charge in [-0.1, -0.05) is 55.5 Å². The summed E-state index contributed by atoms with van der Waals surface area (Å²) in [7, 11) is 0. The predicted octanol–water partition coefficient (Wildman–Crippen LogP) is 5.05. The Morgan fingerprint density at radius 3 is 2.35 bits per heavy atom. The second kappa shape index (κ2) is 11.4. The van der Waals surface area contributed by atoms with Gasteiger partial charge in [0.25, 0.3) is 0 Å². The lowest BCUT2D eigenvalue weighted by atomic mass is 10.2. The van der Waals surface area contributed by atoms with Crippen LogP contribution in [-0.2, 0) is 16.2 Å². The van der Waals surface area contributed by atoms with Gasteiger partial charge in [-0.2, -0.15) is 0 Å². The minimum absolute atomic E-state index is 0.0236. The second-order valence-corrected chi connectivity index (χ2v) is 7.05. The maximum Gasteiger partial charge on any atom is 0.243 e. The molecule has 6 heteroatoms. The van der Waals surface area contributed by atoms with Gasteiger partial charge in [-0.15, -0.1) is 0 Å². The maximum absolute atomic E-state index is 12.5. The van der Waals surface area contributed by atoms with Crippen LogP contribution in [0, 0.1) is 0 Å². The van der Waals surface area contributed by atoms with Crippen LogP contribution in [0.3, 0.4) is 0 Å². The summed E-state index contributed by atoms with van der Waals surface area (Å²) >= 11 is 0. The molecule has 0 aliphatic rings. The summed E-state index contributed by atoms with van der Waals surface area (Å²) in [5, 5.41) is 8.82. The standard InChI is InChI=1S/C25H27N3O3/c1-2-9-24(29)27-21-13-8-12-20(16-21)26-17-25(30)28-22-14-6-7-15-23(22)31-18-19-10-4-3-5-11-19/h3-8,10-16,26H,2,9,17-18H2,1H3,(H,27,29)(H,28,30). The van der Waals surface area contributed by atoms with Crippen LogP contribution in [0.2, 0.25) is 0 Å². The van der Waals surface area contributed by atoms with Gasteiger partial charge in [0.15, 0.2) is 0 Å². The molecule has 0 aliphatic heterocycles. The van der Waals surface area contributed by atoms with Gasteiger partial charge in [0.05, 0.1) is 12.2 Å². The number of amides is 2. The molecule has 0 radical (unpaired) electrons. The summed E-state index contributed by atoms with van der Waals surface area (Å²) in [5.41, 5.74) is 3.11. The summed E-state index contributed by atoms with van der Waals surface area (Å²) in [6.07, 6.45) is 1.27. The average Bonchev–Trinajstić information content (AvgIpc) is 2.78. The lowest BCUT2D eigenvalue weighted by Gasteiger charge is -2.13. The molecule has 0 saturated heterocycles. The predicted molar refractivity (Wildman–Crippen MR) is 124 cm³/mol. The van der Waals surface area contributed by atoms with Crippen LogP contribution >= 0.6 is 0 Å². The number of para-hydroxylation sites is 2.